The first kappa shape index (κ1) is 24.9. The molecule has 0 radical (unpaired) electrons. The van der Waals surface area contributed by atoms with Crippen molar-refractivity contribution < 1.29 is 32.6 Å². The van der Waals surface area contributed by atoms with Crippen LogP contribution in [-0.2, 0) is 4.79 Å². The Balaban J connectivity index is 1.91. The molecule has 8 heteroatoms. The highest BCUT2D eigenvalue weighted by Gasteiger charge is 2.37. The molecular weight excluding hydrogens is 435 g/mol. The van der Waals surface area contributed by atoms with Crippen molar-refractivity contribution in [2.24, 2.45) is 11.3 Å². The Morgan fingerprint density at radius 2 is 1.88 bits per heavy atom. The van der Waals surface area contributed by atoms with E-state index in [4.69, 9.17) is 4.74 Å². The minimum absolute atomic E-state index is 0.0953. The summed E-state index contributed by atoms with van der Waals surface area (Å²) in [6, 6.07) is 5.97. The average molecular weight is 466 g/mol. The number of carbonyl (C=O) groups excluding carboxylic acids is 1. The summed E-state index contributed by atoms with van der Waals surface area (Å²) >= 11 is 0. The van der Waals surface area contributed by atoms with Gasteiger partial charge in [-0.05, 0) is 60.2 Å². The van der Waals surface area contributed by atoms with Gasteiger partial charge < -0.3 is 15.2 Å². The molecule has 1 saturated carbocycles. The van der Waals surface area contributed by atoms with Crippen LogP contribution >= 0.6 is 0 Å². The van der Waals surface area contributed by atoms with E-state index in [1.807, 2.05) is 6.92 Å². The number of hydrogen-bond acceptors (Lipinski definition) is 3. The van der Waals surface area contributed by atoms with Crippen molar-refractivity contribution in [1.29, 1.82) is 0 Å². The van der Waals surface area contributed by atoms with E-state index in [1.165, 1.54) is 24.3 Å². The number of halogens is 3. The molecule has 0 unspecified atom stereocenters. The number of nitrogens with one attached hydrogen (secondary N) is 1. The monoisotopic (exact) mass is 465 g/mol. The Hall–Kier alpha value is -2.77. The molecule has 2 N–H and O–H groups in total. The second-order valence-corrected chi connectivity index (χ2v) is 9.50. The molecule has 1 fully saturated rings. The Kier molecular flexibility index (Phi) is 7.24. The standard InChI is InChI=1S/C25H30F3NO4/c1-4-24(2,3)21(23(31)32)29-22(30)19-7-5-16-13-17(26)6-8-18(16)20(19)33-14-15-9-11-25(27,28)12-10-15/h5-8,13,15,21H,4,9-12,14H2,1-3H3,(H,29,30)(H,31,32)/t21-/m1/s1. The number of carboxylic acid groups (broad SMARTS) is 1. The highest BCUT2D eigenvalue weighted by Crippen LogP contribution is 2.37. The summed E-state index contributed by atoms with van der Waals surface area (Å²) in [6.07, 6.45) is 0.722. The Labute approximate surface area is 191 Å². The Morgan fingerprint density at radius 3 is 2.48 bits per heavy atom. The molecule has 33 heavy (non-hydrogen) atoms. The zero-order valence-electron chi connectivity index (χ0n) is 19.1. The molecule has 0 saturated heterocycles. The molecule has 3 rings (SSSR count). The number of hydrogen-bond donors (Lipinski definition) is 2. The van der Waals surface area contributed by atoms with Crippen molar-refractivity contribution in [3.63, 3.8) is 0 Å². The fourth-order valence-electron chi connectivity index (χ4n) is 4.08. The zero-order valence-corrected chi connectivity index (χ0v) is 19.1. The smallest absolute Gasteiger partial charge is 0.326 e. The predicted octanol–water partition coefficient (Wildman–Crippen LogP) is 5.80. The normalized spacial score (nSPS) is 17.5. The minimum atomic E-state index is -2.66. The minimum Gasteiger partial charge on any atom is -0.492 e. The number of alkyl halides is 2. The van der Waals surface area contributed by atoms with Crippen molar-refractivity contribution >= 4 is 22.6 Å². The second kappa shape index (κ2) is 9.61. The number of carboxylic acids is 1. The summed E-state index contributed by atoms with van der Waals surface area (Å²) in [4.78, 5) is 25.0. The third kappa shape index (κ3) is 5.78. The summed E-state index contributed by atoms with van der Waals surface area (Å²) in [5, 5.41) is 13.3. The highest BCUT2D eigenvalue weighted by molar-refractivity contribution is 6.05. The first-order chi connectivity index (χ1) is 15.4. The first-order valence-electron chi connectivity index (χ1n) is 11.2. The molecule has 180 valence electrons. The van der Waals surface area contributed by atoms with Gasteiger partial charge in [0.05, 0.1) is 12.2 Å². The van der Waals surface area contributed by atoms with Gasteiger partial charge in [0.1, 0.15) is 17.6 Å². The summed E-state index contributed by atoms with van der Waals surface area (Å²) in [7, 11) is 0. The lowest BCUT2D eigenvalue weighted by atomic mass is 9.81. The van der Waals surface area contributed by atoms with E-state index in [1.54, 1.807) is 19.9 Å². The second-order valence-electron chi connectivity index (χ2n) is 9.50. The topological polar surface area (TPSA) is 75.6 Å². The lowest BCUT2D eigenvalue weighted by Crippen LogP contribution is -2.50. The quantitative estimate of drug-likeness (QED) is 0.517. The third-order valence-corrected chi connectivity index (χ3v) is 6.69. The van der Waals surface area contributed by atoms with Crippen molar-refractivity contribution in [1.82, 2.24) is 5.32 Å². The average Bonchev–Trinajstić information content (AvgIpc) is 2.75. The van der Waals surface area contributed by atoms with Gasteiger partial charge in [0.25, 0.3) is 5.91 Å². The van der Waals surface area contributed by atoms with Gasteiger partial charge in [-0.15, -0.1) is 0 Å². The van der Waals surface area contributed by atoms with Gasteiger partial charge in [0.15, 0.2) is 0 Å². The highest BCUT2D eigenvalue weighted by atomic mass is 19.3. The van der Waals surface area contributed by atoms with Gasteiger partial charge >= 0.3 is 5.97 Å². The maximum Gasteiger partial charge on any atom is 0.326 e. The van der Waals surface area contributed by atoms with Gasteiger partial charge in [-0.1, -0.05) is 26.8 Å². The fourth-order valence-corrected chi connectivity index (χ4v) is 4.08. The van der Waals surface area contributed by atoms with E-state index in [-0.39, 0.29) is 36.7 Å². The Morgan fingerprint density at radius 1 is 1.21 bits per heavy atom. The van der Waals surface area contributed by atoms with Crippen molar-refractivity contribution in [2.45, 2.75) is 64.8 Å². The van der Waals surface area contributed by atoms with Crippen molar-refractivity contribution in [2.75, 3.05) is 6.61 Å². The molecule has 5 nitrogen and oxygen atoms in total. The van der Waals surface area contributed by atoms with E-state index in [9.17, 15) is 27.9 Å². The molecule has 0 heterocycles. The van der Waals surface area contributed by atoms with Crippen LogP contribution in [0.5, 0.6) is 5.75 Å². The van der Waals surface area contributed by atoms with Crippen molar-refractivity contribution in [3.8, 4) is 5.75 Å². The molecule has 1 atom stereocenters. The largest absolute Gasteiger partial charge is 0.492 e. The van der Waals surface area contributed by atoms with Crippen LogP contribution < -0.4 is 10.1 Å². The molecular formula is C25H30F3NO4. The number of rotatable bonds is 8. The Bertz CT molecular complexity index is 1030. The molecule has 1 aliphatic carbocycles. The number of fused-ring (bicyclic) bond motifs is 1. The van der Waals surface area contributed by atoms with E-state index in [0.717, 1.165) is 0 Å². The van der Waals surface area contributed by atoms with Gasteiger partial charge in [-0.25, -0.2) is 18.0 Å². The molecule has 1 aliphatic rings. The number of benzene rings is 2. The first-order valence-corrected chi connectivity index (χ1v) is 11.2. The van der Waals surface area contributed by atoms with Gasteiger partial charge in [-0.2, -0.15) is 0 Å². The van der Waals surface area contributed by atoms with Crippen LogP contribution in [-0.4, -0.2) is 35.6 Å². The van der Waals surface area contributed by atoms with E-state index in [0.29, 0.717) is 30.0 Å². The molecule has 2 aromatic carbocycles. The summed E-state index contributed by atoms with van der Waals surface area (Å²) < 4.78 is 46.7. The molecule has 2 aromatic rings. The molecule has 1 amide bonds. The van der Waals surface area contributed by atoms with Crippen LogP contribution in [0.25, 0.3) is 10.8 Å². The van der Waals surface area contributed by atoms with Crippen LogP contribution in [0, 0.1) is 17.2 Å². The fraction of sp³-hybridized carbons (Fsp3) is 0.520. The third-order valence-electron chi connectivity index (χ3n) is 6.69. The summed E-state index contributed by atoms with van der Waals surface area (Å²) in [6.45, 7) is 5.49. The van der Waals surface area contributed by atoms with Gasteiger partial charge in [0, 0.05) is 18.2 Å². The molecule has 0 bridgehead atoms. The van der Waals surface area contributed by atoms with Crippen LogP contribution in [0.2, 0.25) is 0 Å². The zero-order chi connectivity index (χ0) is 24.4. The SMILES string of the molecule is CCC(C)(C)[C@H](NC(=O)c1ccc2cc(F)ccc2c1OCC1CCC(F)(F)CC1)C(=O)O. The summed E-state index contributed by atoms with van der Waals surface area (Å²) in [5.41, 5.74) is -0.580. The number of carbonyl (C=O) groups is 2. The lowest BCUT2D eigenvalue weighted by molar-refractivity contribution is -0.142. The molecule has 0 aliphatic heterocycles. The maximum absolute atomic E-state index is 13.8. The number of ether oxygens (including phenoxy) is 1. The predicted molar refractivity (Wildman–Crippen MR) is 119 cm³/mol. The van der Waals surface area contributed by atoms with E-state index >= 15 is 0 Å². The van der Waals surface area contributed by atoms with E-state index in [2.05, 4.69) is 5.32 Å². The summed E-state index contributed by atoms with van der Waals surface area (Å²) in [5.74, 6) is -4.78. The van der Waals surface area contributed by atoms with Crippen LogP contribution in [0.1, 0.15) is 63.2 Å². The van der Waals surface area contributed by atoms with E-state index < -0.39 is 35.1 Å². The lowest BCUT2D eigenvalue weighted by Gasteiger charge is -2.31. The van der Waals surface area contributed by atoms with Crippen LogP contribution in [0.4, 0.5) is 13.2 Å². The van der Waals surface area contributed by atoms with Crippen LogP contribution in [0.15, 0.2) is 30.3 Å². The molecule has 0 spiro atoms. The van der Waals surface area contributed by atoms with Gasteiger partial charge in [-0.3, -0.25) is 4.79 Å². The van der Waals surface area contributed by atoms with Gasteiger partial charge in [0.2, 0.25) is 5.92 Å². The number of aliphatic carboxylic acids is 1. The van der Waals surface area contributed by atoms with Crippen LogP contribution in [0.3, 0.4) is 0 Å². The maximum atomic E-state index is 13.8. The number of amides is 1. The molecule has 0 aromatic heterocycles. The van der Waals surface area contributed by atoms with Crippen molar-refractivity contribution in [3.05, 3.63) is 41.7 Å².